The molecule has 3 nitrogen and oxygen atoms in total. The van der Waals surface area contributed by atoms with Crippen molar-refractivity contribution in [2.75, 3.05) is 13.2 Å². The molecule has 0 aliphatic carbocycles. The Morgan fingerprint density at radius 1 is 1.14 bits per heavy atom. The van der Waals surface area contributed by atoms with Crippen molar-refractivity contribution in [1.82, 2.24) is 5.32 Å². The molecule has 0 aromatic heterocycles. The molecular formula is C15H15F4NO2. The van der Waals surface area contributed by atoms with Crippen LogP contribution in [0.25, 0.3) is 0 Å². The summed E-state index contributed by atoms with van der Waals surface area (Å²) in [6.07, 6.45) is -3.68. The number of piperidine rings is 1. The summed E-state index contributed by atoms with van der Waals surface area (Å²) in [4.78, 5) is 12.5. The highest BCUT2D eigenvalue weighted by atomic mass is 19.4. The quantitative estimate of drug-likeness (QED) is 0.673. The third-order valence-electron chi connectivity index (χ3n) is 4.13. The molecule has 7 heteroatoms. The lowest BCUT2D eigenvalue weighted by Gasteiger charge is -2.39. The van der Waals surface area contributed by atoms with Crippen LogP contribution >= 0.6 is 0 Å². The molecule has 2 bridgehead atoms. The summed E-state index contributed by atoms with van der Waals surface area (Å²) in [5.41, 5.74) is -1.34. The monoisotopic (exact) mass is 317 g/mol. The summed E-state index contributed by atoms with van der Waals surface area (Å²) in [5.74, 6) is -1.87. The Labute approximate surface area is 124 Å². The zero-order valence-corrected chi connectivity index (χ0v) is 11.6. The number of carbonyl (C=O) groups is 1. The molecule has 2 aliphatic heterocycles. The maximum absolute atomic E-state index is 13.4. The second-order valence-corrected chi connectivity index (χ2v) is 5.86. The van der Waals surface area contributed by atoms with Crippen LogP contribution in [0.2, 0.25) is 0 Å². The first-order valence-corrected chi connectivity index (χ1v) is 7.08. The average Bonchev–Trinajstić information content (AvgIpc) is 2.44. The van der Waals surface area contributed by atoms with E-state index in [2.05, 4.69) is 5.32 Å². The van der Waals surface area contributed by atoms with E-state index < -0.39 is 29.3 Å². The van der Waals surface area contributed by atoms with Crippen molar-refractivity contribution in [2.24, 2.45) is 5.92 Å². The molecule has 2 aliphatic rings. The van der Waals surface area contributed by atoms with Gasteiger partial charge in [-0.25, -0.2) is 4.39 Å². The van der Waals surface area contributed by atoms with E-state index in [0.29, 0.717) is 32.1 Å². The second-order valence-electron chi connectivity index (χ2n) is 5.86. The molecule has 2 heterocycles. The Morgan fingerprint density at radius 2 is 1.77 bits per heavy atom. The zero-order valence-electron chi connectivity index (χ0n) is 11.6. The maximum atomic E-state index is 13.4. The topological polar surface area (TPSA) is 38.3 Å². The number of alkyl halides is 3. The van der Waals surface area contributed by atoms with Gasteiger partial charge in [-0.05, 0) is 31.0 Å². The summed E-state index contributed by atoms with van der Waals surface area (Å²) in [7, 11) is 0. The van der Waals surface area contributed by atoms with Gasteiger partial charge in [0.1, 0.15) is 5.82 Å². The lowest BCUT2D eigenvalue weighted by Crippen LogP contribution is -2.55. The van der Waals surface area contributed by atoms with Gasteiger partial charge in [0.15, 0.2) is 5.78 Å². The van der Waals surface area contributed by atoms with Crippen molar-refractivity contribution >= 4 is 5.78 Å². The van der Waals surface area contributed by atoms with Crippen LogP contribution in [-0.4, -0.2) is 31.1 Å². The predicted octanol–water partition coefficient (Wildman–Crippen LogP) is 2.79. The third-order valence-corrected chi connectivity index (χ3v) is 4.13. The number of benzene rings is 1. The number of nitrogens with one attached hydrogen (secondary N) is 1. The van der Waals surface area contributed by atoms with Crippen LogP contribution in [0.1, 0.15) is 28.8 Å². The number of ketones is 1. The first kappa shape index (κ1) is 15.4. The highest BCUT2D eigenvalue weighted by molar-refractivity contribution is 5.98. The van der Waals surface area contributed by atoms with Crippen molar-refractivity contribution in [3.8, 4) is 0 Å². The number of hydrogen-bond donors (Lipinski definition) is 1. The van der Waals surface area contributed by atoms with Gasteiger partial charge in [0.2, 0.25) is 0 Å². The van der Waals surface area contributed by atoms with Gasteiger partial charge in [-0.2, -0.15) is 13.2 Å². The fraction of sp³-hybridized carbons (Fsp3) is 0.533. The Morgan fingerprint density at radius 3 is 2.36 bits per heavy atom. The molecule has 2 unspecified atom stereocenters. The van der Waals surface area contributed by atoms with Gasteiger partial charge >= 0.3 is 6.18 Å². The lowest BCUT2D eigenvalue weighted by molar-refractivity contribution is -0.137. The van der Waals surface area contributed by atoms with E-state index in [9.17, 15) is 22.4 Å². The number of hydrogen-bond acceptors (Lipinski definition) is 3. The van der Waals surface area contributed by atoms with Gasteiger partial charge in [0.25, 0.3) is 0 Å². The Hall–Kier alpha value is -1.47. The van der Waals surface area contributed by atoms with Gasteiger partial charge in [-0.1, -0.05) is 0 Å². The standard InChI is InChI=1S/C15H15F4NO2/c16-11-2-8(1-10(5-11)15(17,18)19)14(21)9-3-12-6-22-7-13(4-9)20-12/h1-2,5,9,12-13,20H,3-4,6-7H2. The molecule has 0 saturated carbocycles. The predicted molar refractivity (Wildman–Crippen MR) is 70.0 cm³/mol. The van der Waals surface area contributed by atoms with Crippen molar-refractivity contribution in [3.63, 3.8) is 0 Å². The van der Waals surface area contributed by atoms with Crippen molar-refractivity contribution in [2.45, 2.75) is 31.1 Å². The zero-order chi connectivity index (χ0) is 15.9. The molecular weight excluding hydrogens is 302 g/mol. The normalized spacial score (nSPS) is 28.5. The van der Waals surface area contributed by atoms with E-state index in [-0.39, 0.29) is 17.6 Å². The fourth-order valence-electron chi connectivity index (χ4n) is 3.18. The number of ether oxygens (including phenoxy) is 1. The van der Waals surface area contributed by atoms with E-state index in [1.54, 1.807) is 0 Å². The van der Waals surface area contributed by atoms with Crippen LogP contribution in [0.3, 0.4) is 0 Å². The summed E-state index contributed by atoms with van der Waals surface area (Å²) >= 11 is 0. The van der Waals surface area contributed by atoms with Crippen molar-refractivity contribution in [3.05, 3.63) is 35.1 Å². The molecule has 0 radical (unpaired) electrons. The van der Waals surface area contributed by atoms with E-state index in [1.807, 2.05) is 0 Å². The Bertz CT molecular complexity index is 575. The number of morpholine rings is 1. The van der Waals surface area contributed by atoms with Crippen LogP contribution in [0.15, 0.2) is 18.2 Å². The Balaban J connectivity index is 1.84. The number of halogens is 4. The van der Waals surface area contributed by atoms with Gasteiger partial charge < -0.3 is 10.1 Å². The Kier molecular flexibility index (Phi) is 3.94. The summed E-state index contributed by atoms with van der Waals surface area (Å²) in [6, 6.07) is 2.07. The van der Waals surface area contributed by atoms with E-state index >= 15 is 0 Å². The molecule has 0 spiro atoms. The molecule has 2 fully saturated rings. The smallest absolute Gasteiger partial charge is 0.378 e. The lowest BCUT2D eigenvalue weighted by atomic mass is 9.82. The highest BCUT2D eigenvalue weighted by Crippen LogP contribution is 2.32. The summed E-state index contributed by atoms with van der Waals surface area (Å²) in [6.45, 7) is 0.967. The largest absolute Gasteiger partial charge is 0.416 e. The molecule has 1 N–H and O–H groups in total. The van der Waals surface area contributed by atoms with Crippen LogP contribution < -0.4 is 5.32 Å². The second kappa shape index (κ2) is 5.62. The summed E-state index contributed by atoms with van der Waals surface area (Å²) < 4.78 is 57.0. The molecule has 22 heavy (non-hydrogen) atoms. The van der Waals surface area contributed by atoms with Crippen molar-refractivity contribution < 1.29 is 27.1 Å². The van der Waals surface area contributed by atoms with Crippen molar-refractivity contribution in [1.29, 1.82) is 0 Å². The first-order chi connectivity index (χ1) is 10.3. The van der Waals surface area contributed by atoms with Gasteiger partial charge in [-0.3, -0.25) is 4.79 Å². The van der Waals surface area contributed by atoms with Crippen LogP contribution in [0, 0.1) is 11.7 Å². The molecule has 0 amide bonds. The minimum Gasteiger partial charge on any atom is -0.378 e. The molecule has 3 rings (SSSR count). The van der Waals surface area contributed by atoms with Crippen LogP contribution in [0.5, 0.6) is 0 Å². The van der Waals surface area contributed by atoms with E-state index in [4.69, 9.17) is 4.74 Å². The molecule has 1 aromatic rings. The number of fused-ring (bicyclic) bond motifs is 2. The third kappa shape index (κ3) is 3.15. The van der Waals surface area contributed by atoms with Gasteiger partial charge in [-0.15, -0.1) is 0 Å². The molecule has 2 atom stereocenters. The maximum Gasteiger partial charge on any atom is 0.416 e. The van der Waals surface area contributed by atoms with Gasteiger partial charge in [0, 0.05) is 23.6 Å². The van der Waals surface area contributed by atoms with Crippen LogP contribution in [0.4, 0.5) is 17.6 Å². The SMILES string of the molecule is O=C(c1cc(F)cc(C(F)(F)F)c1)C1CC2COCC(C1)N2. The minimum absolute atomic E-state index is 0.0251. The number of carbonyl (C=O) groups excluding carboxylic acids is 1. The summed E-state index contributed by atoms with van der Waals surface area (Å²) in [5, 5.41) is 3.30. The van der Waals surface area contributed by atoms with E-state index in [1.165, 1.54) is 0 Å². The number of rotatable bonds is 2. The van der Waals surface area contributed by atoms with Gasteiger partial charge in [0.05, 0.1) is 18.8 Å². The van der Waals surface area contributed by atoms with Crippen LogP contribution in [-0.2, 0) is 10.9 Å². The first-order valence-electron chi connectivity index (χ1n) is 7.08. The average molecular weight is 317 g/mol. The van der Waals surface area contributed by atoms with E-state index in [0.717, 1.165) is 12.1 Å². The molecule has 1 aromatic carbocycles. The fourth-order valence-corrected chi connectivity index (χ4v) is 3.18. The highest BCUT2D eigenvalue weighted by Gasteiger charge is 2.37. The molecule has 120 valence electrons. The number of Topliss-reactive ketones (excluding diaryl/α,β-unsaturated/α-hetero) is 1. The minimum atomic E-state index is -4.67. The molecule has 2 saturated heterocycles.